The van der Waals surface area contributed by atoms with Gasteiger partial charge in [0, 0.05) is 6.61 Å². The molecule has 104 valence electrons. The van der Waals surface area contributed by atoms with Crippen LogP contribution in [0.15, 0.2) is 30.3 Å². The average molecular weight is 309 g/mol. The van der Waals surface area contributed by atoms with Crippen molar-refractivity contribution in [2.75, 3.05) is 6.61 Å². The number of benzene rings is 1. The van der Waals surface area contributed by atoms with Gasteiger partial charge < -0.3 is 4.74 Å². The molecule has 1 aromatic heterocycles. The normalized spacial score (nSPS) is 22.1. The molecule has 3 nitrogen and oxygen atoms in total. The molecule has 0 spiro atoms. The van der Waals surface area contributed by atoms with Crippen LogP contribution in [0.25, 0.3) is 11.1 Å². The minimum Gasteiger partial charge on any atom is -0.367 e. The van der Waals surface area contributed by atoms with E-state index < -0.39 is 5.60 Å². The van der Waals surface area contributed by atoms with Crippen LogP contribution >= 0.6 is 23.2 Å². The summed E-state index contributed by atoms with van der Waals surface area (Å²) in [6.45, 7) is 2.69. The number of aromatic nitrogens is 2. The highest BCUT2D eigenvalue weighted by Crippen LogP contribution is 2.38. The molecular formula is C15H14Cl2N2O. The molecule has 0 amide bonds. The van der Waals surface area contributed by atoms with Gasteiger partial charge in [0.05, 0.1) is 5.56 Å². The lowest BCUT2D eigenvalue weighted by Gasteiger charge is -2.22. The summed E-state index contributed by atoms with van der Waals surface area (Å²) < 4.78 is 5.74. The Balaban J connectivity index is 2.08. The quantitative estimate of drug-likeness (QED) is 0.767. The Hall–Kier alpha value is -1.16. The maximum absolute atomic E-state index is 6.32. The van der Waals surface area contributed by atoms with Crippen molar-refractivity contribution in [2.24, 2.45) is 0 Å². The fourth-order valence-corrected chi connectivity index (χ4v) is 3.05. The van der Waals surface area contributed by atoms with Gasteiger partial charge in [0.1, 0.15) is 15.9 Å². The van der Waals surface area contributed by atoms with Crippen molar-refractivity contribution < 1.29 is 4.74 Å². The van der Waals surface area contributed by atoms with Crippen LogP contribution in [0.2, 0.25) is 10.3 Å². The zero-order valence-corrected chi connectivity index (χ0v) is 12.6. The monoisotopic (exact) mass is 308 g/mol. The molecule has 0 radical (unpaired) electrons. The van der Waals surface area contributed by atoms with E-state index in [1.165, 1.54) is 0 Å². The van der Waals surface area contributed by atoms with Crippen molar-refractivity contribution in [3.63, 3.8) is 0 Å². The van der Waals surface area contributed by atoms with Crippen LogP contribution in [0.1, 0.15) is 25.6 Å². The van der Waals surface area contributed by atoms with Gasteiger partial charge in [-0.2, -0.15) is 0 Å². The summed E-state index contributed by atoms with van der Waals surface area (Å²) in [6.07, 6.45) is 1.87. The molecule has 0 saturated carbocycles. The summed E-state index contributed by atoms with van der Waals surface area (Å²) in [5.74, 6) is 0.560. The molecular weight excluding hydrogens is 295 g/mol. The standard InChI is InChI=1S/C15H14Cl2N2O/c1-15(8-5-9-20-15)14-18-12(16)11(13(17)19-14)10-6-3-2-4-7-10/h2-4,6-7H,5,8-9H2,1H3. The first-order valence-corrected chi connectivity index (χ1v) is 7.29. The third kappa shape index (κ3) is 2.41. The lowest BCUT2D eigenvalue weighted by molar-refractivity contribution is 0.00937. The van der Waals surface area contributed by atoms with E-state index in [9.17, 15) is 0 Å². The minimum atomic E-state index is -0.484. The Morgan fingerprint density at radius 2 is 1.75 bits per heavy atom. The Kier molecular flexibility index (Phi) is 3.67. The summed E-state index contributed by atoms with van der Waals surface area (Å²) >= 11 is 12.6. The summed E-state index contributed by atoms with van der Waals surface area (Å²) in [6, 6.07) is 9.66. The number of ether oxygens (including phenoxy) is 1. The van der Waals surface area contributed by atoms with E-state index in [1.807, 2.05) is 37.3 Å². The molecule has 2 aromatic rings. The molecule has 0 aliphatic carbocycles. The molecule has 1 aliphatic heterocycles. The van der Waals surface area contributed by atoms with Crippen LogP contribution in [0, 0.1) is 0 Å². The van der Waals surface area contributed by atoms with Gasteiger partial charge in [-0.3, -0.25) is 0 Å². The van der Waals surface area contributed by atoms with E-state index >= 15 is 0 Å². The smallest absolute Gasteiger partial charge is 0.163 e. The molecule has 2 heterocycles. The SMILES string of the molecule is CC1(c2nc(Cl)c(-c3ccccc3)c(Cl)n2)CCCO1. The van der Waals surface area contributed by atoms with Crippen molar-refractivity contribution >= 4 is 23.2 Å². The number of hydrogen-bond donors (Lipinski definition) is 0. The summed E-state index contributed by atoms with van der Waals surface area (Å²) in [7, 11) is 0. The largest absolute Gasteiger partial charge is 0.367 e. The Labute approximate surface area is 127 Å². The van der Waals surface area contributed by atoms with Crippen molar-refractivity contribution in [1.82, 2.24) is 9.97 Å². The molecule has 1 aliphatic rings. The predicted molar refractivity (Wildman–Crippen MR) is 80.0 cm³/mol. The molecule has 5 heteroatoms. The van der Waals surface area contributed by atoms with Crippen LogP contribution < -0.4 is 0 Å². The topological polar surface area (TPSA) is 35.0 Å². The first kappa shape index (κ1) is 13.8. The third-order valence-corrected chi connectivity index (χ3v) is 4.12. The van der Waals surface area contributed by atoms with Crippen molar-refractivity contribution in [1.29, 1.82) is 0 Å². The molecule has 3 rings (SSSR count). The van der Waals surface area contributed by atoms with Gasteiger partial charge in [-0.25, -0.2) is 9.97 Å². The first-order valence-electron chi connectivity index (χ1n) is 6.53. The third-order valence-electron chi connectivity index (χ3n) is 3.57. The second-order valence-electron chi connectivity index (χ2n) is 5.05. The second-order valence-corrected chi connectivity index (χ2v) is 5.77. The summed E-state index contributed by atoms with van der Waals surface area (Å²) in [4.78, 5) is 8.82. The lowest BCUT2D eigenvalue weighted by atomic mass is 10.0. The number of rotatable bonds is 2. The number of halogens is 2. The van der Waals surface area contributed by atoms with Crippen LogP contribution in [-0.2, 0) is 10.3 Å². The van der Waals surface area contributed by atoms with E-state index in [1.54, 1.807) is 0 Å². The van der Waals surface area contributed by atoms with Crippen molar-refractivity contribution in [2.45, 2.75) is 25.4 Å². The Morgan fingerprint density at radius 1 is 1.10 bits per heavy atom. The van der Waals surface area contributed by atoms with Gasteiger partial charge >= 0.3 is 0 Å². The predicted octanol–water partition coefficient (Wildman–Crippen LogP) is 4.48. The van der Waals surface area contributed by atoms with Gasteiger partial charge in [-0.1, -0.05) is 53.5 Å². The molecule has 20 heavy (non-hydrogen) atoms. The molecule has 1 saturated heterocycles. The second kappa shape index (κ2) is 5.32. The van der Waals surface area contributed by atoms with Crippen LogP contribution in [0.5, 0.6) is 0 Å². The van der Waals surface area contributed by atoms with E-state index in [0.29, 0.717) is 21.7 Å². The van der Waals surface area contributed by atoms with Crippen molar-refractivity contribution in [3.8, 4) is 11.1 Å². The van der Waals surface area contributed by atoms with E-state index in [2.05, 4.69) is 9.97 Å². The van der Waals surface area contributed by atoms with E-state index in [4.69, 9.17) is 27.9 Å². The van der Waals surface area contributed by atoms with E-state index in [-0.39, 0.29) is 0 Å². The molecule has 1 aromatic carbocycles. The van der Waals surface area contributed by atoms with Gasteiger partial charge in [-0.05, 0) is 25.3 Å². The van der Waals surface area contributed by atoms with Gasteiger partial charge in [-0.15, -0.1) is 0 Å². The minimum absolute atomic E-state index is 0.364. The molecule has 0 bridgehead atoms. The zero-order chi connectivity index (χ0) is 14.2. The lowest BCUT2D eigenvalue weighted by Crippen LogP contribution is -2.23. The molecule has 1 unspecified atom stereocenters. The average Bonchev–Trinajstić information content (AvgIpc) is 2.87. The maximum Gasteiger partial charge on any atom is 0.163 e. The van der Waals surface area contributed by atoms with Crippen LogP contribution in [-0.4, -0.2) is 16.6 Å². The Morgan fingerprint density at radius 3 is 2.30 bits per heavy atom. The highest BCUT2D eigenvalue weighted by atomic mass is 35.5. The number of nitrogens with zero attached hydrogens (tertiary/aromatic N) is 2. The first-order chi connectivity index (χ1) is 9.60. The summed E-state index contributed by atoms with van der Waals surface area (Å²) in [5, 5.41) is 0.728. The maximum atomic E-state index is 6.32. The highest BCUT2D eigenvalue weighted by Gasteiger charge is 2.35. The zero-order valence-electron chi connectivity index (χ0n) is 11.1. The number of hydrogen-bond acceptors (Lipinski definition) is 3. The van der Waals surface area contributed by atoms with Crippen LogP contribution in [0.3, 0.4) is 0 Å². The van der Waals surface area contributed by atoms with Gasteiger partial charge in [0.2, 0.25) is 0 Å². The molecule has 0 N–H and O–H groups in total. The van der Waals surface area contributed by atoms with Gasteiger partial charge in [0.15, 0.2) is 5.82 Å². The van der Waals surface area contributed by atoms with Gasteiger partial charge in [0.25, 0.3) is 0 Å². The fourth-order valence-electron chi connectivity index (χ4n) is 2.44. The summed E-state index contributed by atoms with van der Waals surface area (Å²) in [5.41, 5.74) is 1.09. The molecule has 1 atom stereocenters. The Bertz CT molecular complexity index is 602. The molecule has 1 fully saturated rings. The van der Waals surface area contributed by atoms with E-state index in [0.717, 1.165) is 25.0 Å². The van der Waals surface area contributed by atoms with Crippen LogP contribution in [0.4, 0.5) is 0 Å². The fraction of sp³-hybridized carbons (Fsp3) is 0.333. The van der Waals surface area contributed by atoms with Crippen molar-refractivity contribution in [3.05, 3.63) is 46.5 Å². The highest BCUT2D eigenvalue weighted by molar-refractivity contribution is 6.37.